The van der Waals surface area contributed by atoms with Crippen LogP contribution in [0.2, 0.25) is 0 Å². The second-order valence-electron chi connectivity index (χ2n) is 5.99. The third-order valence-corrected chi connectivity index (χ3v) is 5.49. The van der Waals surface area contributed by atoms with E-state index in [0.717, 1.165) is 5.56 Å². The normalized spacial score (nSPS) is 10.6. The lowest BCUT2D eigenvalue weighted by Crippen LogP contribution is -2.19. The molecule has 3 rings (SSSR count). The maximum Gasteiger partial charge on any atom is 0.258 e. The van der Waals surface area contributed by atoms with Crippen molar-refractivity contribution in [2.24, 2.45) is 0 Å². The fourth-order valence-electron chi connectivity index (χ4n) is 2.80. The Bertz CT molecular complexity index is 1060. The summed E-state index contributed by atoms with van der Waals surface area (Å²) in [6.07, 6.45) is 0. The van der Waals surface area contributed by atoms with Crippen LogP contribution in [-0.4, -0.2) is 35.6 Å². The molecule has 2 N–H and O–H groups in total. The predicted octanol–water partition coefficient (Wildman–Crippen LogP) is 3.26. The first-order valence-corrected chi connectivity index (χ1v) is 10.1. The number of nitrogens with zero attached hydrogens (tertiary/aromatic N) is 1. The van der Waals surface area contributed by atoms with Gasteiger partial charge in [-0.1, -0.05) is 36.1 Å². The summed E-state index contributed by atoms with van der Waals surface area (Å²) in [7, 11) is 4.72. The summed E-state index contributed by atoms with van der Waals surface area (Å²) in [5.74, 6) is 2.75. The van der Waals surface area contributed by atoms with E-state index in [0.29, 0.717) is 50.6 Å². The van der Waals surface area contributed by atoms with Gasteiger partial charge in [-0.05, 0) is 29.8 Å². The van der Waals surface area contributed by atoms with Crippen molar-refractivity contribution >= 4 is 39.2 Å². The standard InChI is InChI=1S/C20H21N3O4S2/c1-25-15-8-12(9-16(26-2)18(15)27-3)10-21-20(28)29-11-17-22-14-7-5-4-6-13(14)19(24)23-17/h4-9H,10-11H2,1-3H3,(H,21,28)(H,22,23,24). The molecule has 29 heavy (non-hydrogen) atoms. The van der Waals surface area contributed by atoms with Crippen molar-refractivity contribution in [2.45, 2.75) is 12.3 Å². The molecule has 0 amide bonds. The molecule has 0 spiro atoms. The number of thioether (sulfide) groups is 1. The van der Waals surface area contributed by atoms with Crippen molar-refractivity contribution in [3.8, 4) is 17.2 Å². The van der Waals surface area contributed by atoms with Crippen molar-refractivity contribution in [1.29, 1.82) is 0 Å². The quantitative estimate of drug-likeness (QED) is 0.552. The van der Waals surface area contributed by atoms with Crippen LogP contribution in [-0.2, 0) is 12.3 Å². The number of H-pyrrole nitrogens is 1. The fraction of sp³-hybridized carbons (Fsp3) is 0.250. The number of fused-ring (bicyclic) bond motifs is 1. The van der Waals surface area contributed by atoms with Crippen molar-refractivity contribution in [3.63, 3.8) is 0 Å². The van der Waals surface area contributed by atoms with Gasteiger partial charge >= 0.3 is 0 Å². The third kappa shape index (κ3) is 4.99. The van der Waals surface area contributed by atoms with Crippen LogP contribution in [0.25, 0.3) is 10.9 Å². The van der Waals surface area contributed by atoms with E-state index >= 15 is 0 Å². The fourth-order valence-corrected chi connectivity index (χ4v) is 3.63. The molecule has 1 heterocycles. The summed E-state index contributed by atoms with van der Waals surface area (Å²) in [5.41, 5.74) is 1.45. The van der Waals surface area contributed by atoms with E-state index in [9.17, 15) is 4.79 Å². The Morgan fingerprint density at radius 2 is 1.83 bits per heavy atom. The Kier molecular flexibility index (Phi) is 6.95. The number of methoxy groups -OCH3 is 3. The summed E-state index contributed by atoms with van der Waals surface area (Å²) >= 11 is 6.79. The SMILES string of the molecule is COc1cc(CNC(=S)SCc2nc3ccccc3c(=O)[nH]2)cc(OC)c1OC. The molecule has 2 aromatic carbocycles. The van der Waals surface area contributed by atoms with E-state index in [1.807, 2.05) is 30.3 Å². The van der Waals surface area contributed by atoms with Crippen LogP contribution in [0.4, 0.5) is 0 Å². The Labute approximate surface area is 177 Å². The number of nitrogens with one attached hydrogen (secondary N) is 2. The Hall–Kier alpha value is -2.78. The second-order valence-corrected chi connectivity index (χ2v) is 7.65. The van der Waals surface area contributed by atoms with Crippen LogP contribution in [0.3, 0.4) is 0 Å². The van der Waals surface area contributed by atoms with Crippen LogP contribution in [0.5, 0.6) is 17.2 Å². The van der Waals surface area contributed by atoms with Gasteiger partial charge in [0, 0.05) is 6.54 Å². The zero-order valence-electron chi connectivity index (χ0n) is 16.3. The number of para-hydroxylation sites is 1. The molecule has 0 atom stereocenters. The zero-order valence-corrected chi connectivity index (χ0v) is 17.9. The smallest absolute Gasteiger partial charge is 0.258 e. The first-order chi connectivity index (χ1) is 14.0. The van der Waals surface area contributed by atoms with Crippen molar-refractivity contribution < 1.29 is 14.2 Å². The number of aromatic nitrogens is 2. The van der Waals surface area contributed by atoms with E-state index in [2.05, 4.69) is 15.3 Å². The summed E-state index contributed by atoms with van der Waals surface area (Å²) < 4.78 is 16.7. The highest BCUT2D eigenvalue weighted by Gasteiger charge is 2.13. The van der Waals surface area contributed by atoms with Gasteiger partial charge in [0.15, 0.2) is 11.5 Å². The number of thiocarbonyl (C=S) groups is 1. The molecule has 0 unspecified atom stereocenters. The number of hydrogen-bond acceptors (Lipinski definition) is 7. The first kappa shape index (κ1) is 20.9. The van der Waals surface area contributed by atoms with E-state index in [-0.39, 0.29) is 5.56 Å². The average Bonchev–Trinajstić information content (AvgIpc) is 2.75. The molecule has 0 bridgehead atoms. The molecular formula is C20H21N3O4S2. The molecule has 0 radical (unpaired) electrons. The summed E-state index contributed by atoms with van der Waals surface area (Å²) in [4.78, 5) is 19.4. The minimum Gasteiger partial charge on any atom is -0.493 e. The number of aromatic amines is 1. The van der Waals surface area contributed by atoms with Gasteiger partial charge in [0.1, 0.15) is 10.1 Å². The Morgan fingerprint density at radius 3 is 2.48 bits per heavy atom. The minimum absolute atomic E-state index is 0.150. The first-order valence-electron chi connectivity index (χ1n) is 8.73. The van der Waals surface area contributed by atoms with Crippen LogP contribution in [0, 0.1) is 0 Å². The van der Waals surface area contributed by atoms with Gasteiger partial charge in [0.05, 0.1) is 38.0 Å². The average molecular weight is 432 g/mol. The lowest BCUT2D eigenvalue weighted by Gasteiger charge is -2.15. The van der Waals surface area contributed by atoms with Gasteiger partial charge < -0.3 is 24.5 Å². The van der Waals surface area contributed by atoms with Gasteiger partial charge in [0.25, 0.3) is 5.56 Å². The lowest BCUT2D eigenvalue weighted by molar-refractivity contribution is 0.323. The van der Waals surface area contributed by atoms with E-state index < -0.39 is 0 Å². The van der Waals surface area contributed by atoms with Crippen LogP contribution >= 0.6 is 24.0 Å². The number of ether oxygens (including phenoxy) is 3. The maximum atomic E-state index is 12.1. The molecule has 0 aliphatic carbocycles. The molecule has 152 valence electrons. The predicted molar refractivity (Wildman–Crippen MR) is 119 cm³/mol. The Balaban J connectivity index is 1.63. The third-order valence-electron chi connectivity index (χ3n) is 4.16. The molecule has 1 aromatic heterocycles. The van der Waals surface area contributed by atoms with Gasteiger partial charge in [-0.3, -0.25) is 4.79 Å². The molecule has 9 heteroatoms. The van der Waals surface area contributed by atoms with Crippen LogP contribution in [0.15, 0.2) is 41.2 Å². The zero-order chi connectivity index (χ0) is 20.8. The highest BCUT2D eigenvalue weighted by Crippen LogP contribution is 2.38. The van der Waals surface area contributed by atoms with E-state index in [4.69, 9.17) is 26.4 Å². The van der Waals surface area contributed by atoms with Gasteiger partial charge in [0.2, 0.25) is 5.75 Å². The molecule has 7 nitrogen and oxygen atoms in total. The lowest BCUT2D eigenvalue weighted by atomic mass is 10.2. The summed E-state index contributed by atoms with van der Waals surface area (Å²) in [5, 5.41) is 3.76. The van der Waals surface area contributed by atoms with Crippen LogP contribution < -0.4 is 25.1 Å². The van der Waals surface area contributed by atoms with Crippen molar-refractivity contribution in [1.82, 2.24) is 15.3 Å². The molecule has 0 saturated carbocycles. The molecular weight excluding hydrogens is 410 g/mol. The second kappa shape index (κ2) is 9.62. The molecule has 0 aliphatic rings. The maximum absolute atomic E-state index is 12.1. The van der Waals surface area contributed by atoms with Crippen molar-refractivity contribution in [3.05, 3.63) is 58.1 Å². The monoisotopic (exact) mass is 431 g/mol. The number of benzene rings is 2. The minimum atomic E-state index is -0.150. The number of hydrogen-bond donors (Lipinski definition) is 2. The largest absolute Gasteiger partial charge is 0.493 e. The highest BCUT2D eigenvalue weighted by molar-refractivity contribution is 8.22. The van der Waals surface area contributed by atoms with Crippen molar-refractivity contribution in [2.75, 3.05) is 21.3 Å². The van der Waals surface area contributed by atoms with E-state index in [1.54, 1.807) is 27.4 Å². The highest BCUT2D eigenvalue weighted by atomic mass is 32.2. The summed E-state index contributed by atoms with van der Waals surface area (Å²) in [6, 6.07) is 11.0. The Morgan fingerprint density at radius 1 is 1.14 bits per heavy atom. The molecule has 0 saturated heterocycles. The topological polar surface area (TPSA) is 85.5 Å². The molecule has 0 fully saturated rings. The summed E-state index contributed by atoms with van der Waals surface area (Å²) in [6.45, 7) is 0.490. The van der Waals surface area contributed by atoms with E-state index in [1.165, 1.54) is 11.8 Å². The number of rotatable bonds is 7. The van der Waals surface area contributed by atoms with Gasteiger partial charge in [-0.2, -0.15) is 0 Å². The van der Waals surface area contributed by atoms with Crippen LogP contribution in [0.1, 0.15) is 11.4 Å². The molecule has 0 aliphatic heterocycles. The van der Waals surface area contributed by atoms with Gasteiger partial charge in [-0.25, -0.2) is 4.98 Å². The molecule has 3 aromatic rings. The van der Waals surface area contributed by atoms with Gasteiger partial charge in [-0.15, -0.1) is 0 Å².